The topological polar surface area (TPSA) is 70.5 Å². The quantitative estimate of drug-likeness (QED) is 0.597. The number of amides is 1. The molecule has 122 valence electrons. The van der Waals surface area contributed by atoms with Gasteiger partial charge in [-0.2, -0.15) is 0 Å². The van der Waals surface area contributed by atoms with Gasteiger partial charge in [-0.1, -0.05) is 0 Å². The number of carbonyl (C=O) groups is 1. The summed E-state index contributed by atoms with van der Waals surface area (Å²) in [6.45, 7) is 5.90. The summed E-state index contributed by atoms with van der Waals surface area (Å²) < 4.78 is 0. The van der Waals surface area contributed by atoms with Crippen LogP contribution in [0.15, 0.2) is 0 Å². The number of aliphatic hydroxyl groups excluding tert-OH is 2. The predicted molar refractivity (Wildman–Crippen MR) is 80.0 cm³/mol. The molecular formula is C14H28N4O3. The van der Waals surface area contributed by atoms with Crippen molar-refractivity contribution in [1.29, 1.82) is 0 Å². The SMILES string of the molecule is CN(C)[C@@H]1CN(C(=O)CN2CCN(CCO)CC2)C[C@H]1O. The van der Waals surface area contributed by atoms with Gasteiger partial charge in [0.15, 0.2) is 0 Å². The molecule has 0 aromatic carbocycles. The molecule has 2 saturated heterocycles. The van der Waals surface area contributed by atoms with E-state index in [2.05, 4.69) is 9.80 Å². The maximum atomic E-state index is 12.3. The second-order valence-corrected chi connectivity index (χ2v) is 6.24. The number of hydrogen-bond acceptors (Lipinski definition) is 6. The first-order valence-electron chi connectivity index (χ1n) is 7.69. The average molecular weight is 300 g/mol. The molecule has 1 amide bonds. The first-order valence-corrected chi connectivity index (χ1v) is 7.69. The number of β-amino-alcohol motifs (C(OH)–C–C–N with tert-alkyl or cyclic N) is 2. The summed E-state index contributed by atoms with van der Waals surface area (Å²) in [5.74, 6) is 0.106. The van der Waals surface area contributed by atoms with E-state index in [9.17, 15) is 9.90 Å². The number of rotatable bonds is 5. The Morgan fingerprint density at radius 2 is 1.76 bits per heavy atom. The second-order valence-electron chi connectivity index (χ2n) is 6.24. The summed E-state index contributed by atoms with van der Waals surface area (Å²) in [5.41, 5.74) is 0. The van der Waals surface area contributed by atoms with E-state index in [1.807, 2.05) is 19.0 Å². The van der Waals surface area contributed by atoms with Crippen molar-refractivity contribution in [3.8, 4) is 0 Å². The summed E-state index contributed by atoms with van der Waals surface area (Å²) in [4.78, 5) is 20.5. The van der Waals surface area contributed by atoms with Gasteiger partial charge in [-0.15, -0.1) is 0 Å². The first-order chi connectivity index (χ1) is 10.0. The molecule has 0 aliphatic carbocycles. The molecular weight excluding hydrogens is 272 g/mol. The van der Waals surface area contributed by atoms with E-state index in [4.69, 9.17) is 5.11 Å². The molecule has 0 bridgehead atoms. The van der Waals surface area contributed by atoms with Gasteiger partial charge in [0.1, 0.15) is 0 Å². The molecule has 2 N–H and O–H groups in total. The number of hydrogen-bond donors (Lipinski definition) is 2. The fraction of sp³-hybridized carbons (Fsp3) is 0.929. The van der Waals surface area contributed by atoms with Crippen molar-refractivity contribution in [2.75, 3.05) is 73.1 Å². The van der Waals surface area contributed by atoms with Gasteiger partial charge in [0.2, 0.25) is 5.91 Å². The molecule has 0 radical (unpaired) electrons. The van der Waals surface area contributed by atoms with Crippen molar-refractivity contribution in [3.05, 3.63) is 0 Å². The average Bonchev–Trinajstić information content (AvgIpc) is 2.84. The van der Waals surface area contributed by atoms with Crippen LogP contribution in [0.4, 0.5) is 0 Å². The molecule has 0 saturated carbocycles. The van der Waals surface area contributed by atoms with Gasteiger partial charge in [0.25, 0.3) is 0 Å². The smallest absolute Gasteiger partial charge is 0.236 e. The van der Waals surface area contributed by atoms with E-state index >= 15 is 0 Å². The number of carbonyl (C=O) groups excluding carboxylic acids is 1. The van der Waals surface area contributed by atoms with Crippen LogP contribution in [0.2, 0.25) is 0 Å². The fourth-order valence-electron chi connectivity index (χ4n) is 3.08. The van der Waals surface area contributed by atoms with Crippen LogP contribution in [-0.2, 0) is 4.79 Å². The number of aliphatic hydroxyl groups is 2. The van der Waals surface area contributed by atoms with Gasteiger partial charge in [-0.3, -0.25) is 14.6 Å². The Morgan fingerprint density at radius 3 is 2.29 bits per heavy atom. The summed E-state index contributed by atoms with van der Waals surface area (Å²) in [5, 5.41) is 18.9. The van der Waals surface area contributed by atoms with Gasteiger partial charge in [0, 0.05) is 45.8 Å². The monoisotopic (exact) mass is 300 g/mol. The zero-order valence-corrected chi connectivity index (χ0v) is 13.1. The molecule has 2 heterocycles. The maximum absolute atomic E-state index is 12.3. The van der Waals surface area contributed by atoms with Crippen molar-refractivity contribution in [2.24, 2.45) is 0 Å². The molecule has 21 heavy (non-hydrogen) atoms. The minimum Gasteiger partial charge on any atom is -0.395 e. The molecule has 2 rings (SSSR count). The maximum Gasteiger partial charge on any atom is 0.236 e. The Morgan fingerprint density at radius 1 is 1.14 bits per heavy atom. The summed E-state index contributed by atoms with van der Waals surface area (Å²) in [6.07, 6.45) is -0.453. The Hall–Kier alpha value is -0.730. The third kappa shape index (κ3) is 4.37. The van der Waals surface area contributed by atoms with Gasteiger partial charge in [-0.05, 0) is 14.1 Å². The van der Waals surface area contributed by atoms with E-state index in [0.29, 0.717) is 26.2 Å². The zero-order chi connectivity index (χ0) is 15.4. The molecule has 7 heteroatoms. The molecule has 2 aliphatic heterocycles. The lowest BCUT2D eigenvalue weighted by Gasteiger charge is -2.34. The van der Waals surface area contributed by atoms with Crippen molar-refractivity contribution in [2.45, 2.75) is 12.1 Å². The lowest BCUT2D eigenvalue weighted by atomic mass is 10.2. The number of nitrogens with zero attached hydrogens (tertiary/aromatic N) is 4. The van der Waals surface area contributed by atoms with Gasteiger partial charge < -0.3 is 20.0 Å². The summed E-state index contributed by atoms with van der Waals surface area (Å²) in [7, 11) is 3.87. The number of likely N-dealkylation sites (tertiary alicyclic amines) is 1. The van der Waals surface area contributed by atoms with Crippen LogP contribution in [0.25, 0.3) is 0 Å². The lowest BCUT2D eigenvalue weighted by molar-refractivity contribution is -0.132. The van der Waals surface area contributed by atoms with Crippen LogP contribution >= 0.6 is 0 Å². The van der Waals surface area contributed by atoms with Crippen LogP contribution < -0.4 is 0 Å². The second kappa shape index (κ2) is 7.51. The van der Waals surface area contributed by atoms with Gasteiger partial charge in [0.05, 0.1) is 25.3 Å². The fourth-order valence-corrected chi connectivity index (χ4v) is 3.08. The highest BCUT2D eigenvalue weighted by molar-refractivity contribution is 5.78. The molecule has 2 aliphatic rings. The largest absolute Gasteiger partial charge is 0.395 e. The van der Waals surface area contributed by atoms with Gasteiger partial charge in [-0.25, -0.2) is 0 Å². The van der Waals surface area contributed by atoms with Crippen LogP contribution in [0, 0.1) is 0 Å². The Balaban J connectivity index is 1.76. The minimum atomic E-state index is -0.453. The Labute approximate surface area is 126 Å². The van der Waals surface area contributed by atoms with E-state index in [1.54, 1.807) is 4.90 Å². The van der Waals surface area contributed by atoms with Crippen LogP contribution in [0.3, 0.4) is 0 Å². The summed E-state index contributed by atoms with van der Waals surface area (Å²) in [6, 6.07) is 0.0374. The lowest BCUT2D eigenvalue weighted by Crippen LogP contribution is -2.50. The molecule has 0 aromatic heterocycles. The standard InChI is InChI=1S/C14H28N4O3/c1-15(2)12-9-18(10-13(12)20)14(21)11-17-5-3-16(4-6-17)7-8-19/h12-13,19-20H,3-11H2,1-2H3/t12-,13-/m1/s1. The Bertz CT molecular complexity index is 345. The van der Waals surface area contributed by atoms with Crippen molar-refractivity contribution < 1.29 is 15.0 Å². The van der Waals surface area contributed by atoms with Crippen molar-refractivity contribution >= 4 is 5.91 Å². The zero-order valence-electron chi connectivity index (χ0n) is 13.1. The van der Waals surface area contributed by atoms with E-state index < -0.39 is 6.10 Å². The summed E-state index contributed by atoms with van der Waals surface area (Å²) >= 11 is 0. The van der Waals surface area contributed by atoms with Crippen LogP contribution in [0.1, 0.15) is 0 Å². The van der Waals surface area contributed by atoms with Crippen LogP contribution in [-0.4, -0.2) is 121 Å². The van der Waals surface area contributed by atoms with Crippen LogP contribution in [0.5, 0.6) is 0 Å². The Kier molecular flexibility index (Phi) is 5.95. The minimum absolute atomic E-state index is 0.0374. The third-order valence-corrected chi connectivity index (χ3v) is 4.52. The molecule has 0 unspecified atom stereocenters. The molecule has 2 fully saturated rings. The number of piperazine rings is 1. The van der Waals surface area contributed by atoms with E-state index in [0.717, 1.165) is 26.2 Å². The highest BCUT2D eigenvalue weighted by Gasteiger charge is 2.35. The van der Waals surface area contributed by atoms with E-state index in [1.165, 1.54) is 0 Å². The highest BCUT2D eigenvalue weighted by atomic mass is 16.3. The normalized spacial score (nSPS) is 28.5. The van der Waals surface area contributed by atoms with Crippen molar-refractivity contribution in [3.63, 3.8) is 0 Å². The molecule has 2 atom stereocenters. The third-order valence-electron chi connectivity index (χ3n) is 4.52. The van der Waals surface area contributed by atoms with Gasteiger partial charge >= 0.3 is 0 Å². The highest BCUT2D eigenvalue weighted by Crippen LogP contribution is 2.15. The molecule has 7 nitrogen and oxygen atoms in total. The predicted octanol–water partition coefficient (Wildman–Crippen LogP) is -2.27. The van der Waals surface area contributed by atoms with Crippen molar-refractivity contribution in [1.82, 2.24) is 19.6 Å². The number of likely N-dealkylation sites (N-methyl/N-ethyl adjacent to an activating group) is 1. The molecule has 0 spiro atoms. The van der Waals surface area contributed by atoms with E-state index in [-0.39, 0.29) is 18.6 Å². The first kappa shape index (κ1) is 16.6. The molecule has 0 aromatic rings.